The molecule has 0 aromatic rings. The third kappa shape index (κ3) is 14.3. The van der Waals surface area contributed by atoms with E-state index in [1.165, 1.54) is 0 Å². The van der Waals surface area contributed by atoms with E-state index in [9.17, 15) is 0 Å². The summed E-state index contributed by atoms with van der Waals surface area (Å²) >= 11 is -2.00. The fourth-order valence-corrected chi connectivity index (χ4v) is 0. The van der Waals surface area contributed by atoms with Gasteiger partial charge in [0.05, 0.1) is 0 Å². The van der Waals surface area contributed by atoms with Crippen molar-refractivity contribution in [1.29, 1.82) is 0 Å². The van der Waals surface area contributed by atoms with Crippen LogP contribution in [0, 0.1) is 0 Å². The first kappa shape index (κ1) is 8.84. The molecular weight excluding hydrogens is 160 g/mol. The second-order valence-electron chi connectivity index (χ2n) is 0.0833. The summed E-state index contributed by atoms with van der Waals surface area (Å²) in [5.41, 5.74) is 0. The molecule has 0 spiro atoms. The van der Waals surface area contributed by atoms with Crippen molar-refractivity contribution in [2.75, 3.05) is 0 Å². The van der Waals surface area contributed by atoms with Gasteiger partial charge in [0.25, 0.3) is 0 Å². The normalized spacial score (nSPS) is 2.00. The van der Waals surface area contributed by atoms with E-state index >= 15 is 0 Å². The van der Waals surface area contributed by atoms with Crippen molar-refractivity contribution in [3.05, 3.63) is 0 Å². The molecular formula is HBrO2Ti. The molecule has 0 aliphatic heterocycles. The Morgan fingerprint density at radius 3 is 1.25 bits per heavy atom. The standard InChI is InChI=1S/BrH.2O.Ti/h1H;;;. The van der Waals surface area contributed by atoms with Crippen molar-refractivity contribution in [2.24, 2.45) is 0 Å². The maximum absolute atomic E-state index is 8.50. The van der Waals surface area contributed by atoms with Crippen LogP contribution in [0.1, 0.15) is 0 Å². The molecule has 0 aromatic heterocycles. The van der Waals surface area contributed by atoms with E-state index in [1.807, 2.05) is 0 Å². The van der Waals surface area contributed by atoms with E-state index in [0.29, 0.717) is 0 Å². The van der Waals surface area contributed by atoms with Crippen LogP contribution in [0.3, 0.4) is 0 Å². The molecule has 0 atom stereocenters. The van der Waals surface area contributed by atoms with Gasteiger partial charge >= 0.3 is 25.7 Å². The molecule has 0 saturated carbocycles. The summed E-state index contributed by atoms with van der Waals surface area (Å²) < 4.78 is 17.0. The summed E-state index contributed by atoms with van der Waals surface area (Å²) in [7, 11) is 0. The third-order valence-electron chi connectivity index (χ3n) is 0. The van der Waals surface area contributed by atoms with E-state index in [1.54, 1.807) is 0 Å². The van der Waals surface area contributed by atoms with E-state index < -0.39 is 19.1 Å². The van der Waals surface area contributed by atoms with Crippen molar-refractivity contribution < 1.29 is 25.7 Å². The average Bonchev–Trinajstić information content (AvgIpc) is 0.918. The van der Waals surface area contributed by atoms with Crippen LogP contribution in [0.25, 0.3) is 0 Å². The SMILES string of the molecule is Br.[O]=[Ti]=[O]. The minimum atomic E-state index is -2.00. The van der Waals surface area contributed by atoms with Crippen molar-refractivity contribution in [3.63, 3.8) is 0 Å². The first-order chi connectivity index (χ1) is 1.41. The van der Waals surface area contributed by atoms with Gasteiger partial charge in [-0.05, 0) is 0 Å². The van der Waals surface area contributed by atoms with Gasteiger partial charge < -0.3 is 0 Å². The average molecular weight is 161 g/mol. The molecule has 24 valence electrons. The Labute approximate surface area is 42.9 Å². The Morgan fingerprint density at radius 2 is 1.25 bits per heavy atom. The molecule has 4 heavy (non-hydrogen) atoms. The van der Waals surface area contributed by atoms with Gasteiger partial charge in [0, 0.05) is 0 Å². The molecule has 0 aliphatic rings. The summed E-state index contributed by atoms with van der Waals surface area (Å²) in [5.74, 6) is 0. The molecule has 2 nitrogen and oxygen atoms in total. The zero-order chi connectivity index (χ0) is 2.71. The fourth-order valence-electron chi connectivity index (χ4n) is 0. The summed E-state index contributed by atoms with van der Waals surface area (Å²) in [5, 5.41) is 0. The Kier molecular flexibility index (Phi) is 20.3. The van der Waals surface area contributed by atoms with Gasteiger partial charge in [0.1, 0.15) is 0 Å². The monoisotopic (exact) mass is 160 g/mol. The minimum absolute atomic E-state index is 0. The molecule has 0 unspecified atom stereocenters. The van der Waals surface area contributed by atoms with Gasteiger partial charge in [-0.15, -0.1) is 17.0 Å². The molecule has 0 heterocycles. The van der Waals surface area contributed by atoms with Crippen LogP contribution in [-0.4, -0.2) is 0 Å². The molecule has 0 fully saturated rings. The van der Waals surface area contributed by atoms with Crippen molar-refractivity contribution in [2.45, 2.75) is 0 Å². The summed E-state index contributed by atoms with van der Waals surface area (Å²) in [6.45, 7) is 0. The van der Waals surface area contributed by atoms with Gasteiger partial charge in [-0.25, -0.2) is 0 Å². The number of rotatable bonds is 0. The van der Waals surface area contributed by atoms with E-state index in [4.69, 9.17) is 6.65 Å². The Morgan fingerprint density at radius 1 is 1.25 bits per heavy atom. The zero-order valence-corrected chi connectivity index (χ0v) is 5.00. The van der Waals surface area contributed by atoms with Crippen LogP contribution in [0.5, 0.6) is 0 Å². The molecule has 0 amide bonds. The predicted molar refractivity (Wildman–Crippen MR) is 11.7 cm³/mol. The molecule has 0 N–H and O–H groups in total. The second-order valence-corrected chi connectivity index (χ2v) is 0.344. The van der Waals surface area contributed by atoms with Gasteiger partial charge in [-0.2, -0.15) is 0 Å². The Hall–Kier alpha value is 0.794. The molecule has 4 heteroatoms. The Bertz CT molecular complexity index is 27.0. The summed E-state index contributed by atoms with van der Waals surface area (Å²) in [6, 6.07) is 0. The maximum atomic E-state index is 8.50. The number of hydrogen-bond acceptors (Lipinski definition) is 2. The first-order valence-electron chi connectivity index (χ1n) is 0.408. The molecule has 0 radical (unpaired) electrons. The van der Waals surface area contributed by atoms with Gasteiger partial charge in [-0.3, -0.25) is 0 Å². The number of hydrogen-bond donors (Lipinski definition) is 0. The zero-order valence-electron chi connectivity index (χ0n) is 1.72. The van der Waals surface area contributed by atoms with Gasteiger partial charge in [0.15, 0.2) is 0 Å². The topological polar surface area (TPSA) is 34.1 Å². The fraction of sp³-hybridized carbons (Fsp3) is 0. The number of halogens is 1. The molecule has 0 saturated heterocycles. The van der Waals surface area contributed by atoms with Crippen molar-refractivity contribution >= 4 is 17.0 Å². The van der Waals surface area contributed by atoms with Crippen LogP contribution < -0.4 is 0 Å². The predicted octanol–water partition coefficient (Wildman–Crippen LogP) is 0.338. The molecule has 0 aliphatic carbocycles. The van der Waals surface area contributed by atoms with Crippen LogP contribution in [-0.2, 0) is 25.7 Å². The third-order valence-corrected chi connectivity index (χ3v) is 0. The van der Waals surface area contributed by atoms with E-state index in [-0.39, 0.29) is 17.0 Å². The second kappa shape index (κ2) is 9.20. The first-order valence-corrected chi connectivity index (χ1v) is 1.68. The van der Waals surface area contributed by atoms with Crippen molar-refractivity contribution in [3.8, 4) is 0 Å². The Balaban J connectivity index is 0. The van der Waals surface area contributed by atoms with Crippen LogP contribution in [0.4, 0.5) is 0 Å². The molecule has 0 bridgehead atoms. The van der Waals surface area contributed by atoms with E-state index in [2.05, 4.69) is 0 Å². The van der Waals surface area contributed by atoms with Crippen LogP contribution >= 0.6 is 17.0 Å². The van der Waals surface area contributed by atoms with Crippen LogP contribution in [0.2, 0.25) is 0 Å². The van der Waals surface area contributed by atoms with Crippen LogP contribution in [0.15, 0.2) is 0 Å². The summed E-state index contributed by atoms with van der Waals surface area (Å²) in [4.78, 5) is 0. The summed E-state index contributed by atoms with van der Waals surface area (Å²) in [6.07, 6.45) is 0. The molecule has 0 rings (SSSR count). The van der Waals surface area contributed by atoms with E-state index in [0.717, 1.165) is 0 Å². The van der Waals surface area contributed by atoms with Crippen molar-refractivity contribution in [1.82, 2.24) is 0 Å². The van der Waals surface area contributed by atoms with Gasteiger partial charge in [0.2, 0.25) is 0 Å². The van der Waals surface area contributed by atoms with Gasteiger partial charge in [-0.1, -0.05) is 0 Å². The quantitative estimate of drug-likeness (QED) is 0.479. The molecule has 0 aromatic carbocycles.